The Bertz CT molecular complexity index is 1460. The van der Waals surface area contributed by atoms with Crippen molar-refractivity contribution in [2.45, 2.75) is 0 Å². The fourth-order valence-corrected chi connectivity index (χ4v) is 3.80. The van der Waals surface area contributed by atoms with E-state index in [9.17, 15) is 4.79 Å². The van der Waals surface area contributed by atoms with Gasteiger partial charge in [-0.1, -0.05) is 6.07 Å². The van der Waals surface area contributed by atoms with Crippen LogP contribution < -0.4 is 10.6 Å². The van der Waals surface area contributed by atoms with Gasteiger partial charge in [-0.15, -0.1) is 0 Å². The Morgan fingerprint density at radius 2 is 1.73 bits per heavy atom. The van der Waals surface area contributed by atoms with Gasteiger partial charge in [0.2, 0.25) is 0 Å². The molecule has 0 amide bonds. The summed E-state index contributed by atoms with van der Waals surface area (Å²) in [5, 5.41) is 5.14. The summed E-state index contributed by atoms with van der Waals surface area (Å²) in [4.78, 5) is 24.2. The second-order valence-corrected chi connectivity index (χ2v) is 7.51. The highest BCUT2D eigenvalue weighted by atomic mass is 16.1. The zero-order valence-electron chi connectivity index (χ0n) is 17.2. The van der Waals surface area contributed by atoms with E-state index in [0.29, 0.717) is 5.82 Å². The zero-order chi connectivity index (χ0) is 21.0. The Balaban J connectivity index is 1.81. The lowest BCUT2D eigenvalue weighted by atomic mass is 10.0. The molecule has 30 heavy (non-hydrogen) atoms. The van der Waals surface area contributed by atoms with E-state index in [1.54, 1.807) is 33.3 Å². The molecule has 8 nitrogen and oxygen atoms in total. The predicted molar refractivity (Wildman–Crippen MR) is 118 cm³/mol. The van der Waals surface area contributed by atoms with Gasteiger partial charge in [0.25, 0.3) is 0 Å². The number of pyridine rings is 2. The van der Waals surface area contributed by atoms with Gasteiger partial charge in [-0.05, 0) is 29.8 Å². The van der Waals surface area contributed by atoms with E-state index in [2.05, 4.69) is 27.2 Å². The van der Waals surface area contributed by atoms with Crippen molar-refractivity contribution in [1.29, 1.82) is 0 Å². The lowest BCUT2D eigenvalue weighted by Crippen LogP contribution is -2.22. The summed E-state index contributed by atoms with van der Waals surface area (Å²) in [6.07, 6.45) is 5.30. The molecule has 5 rings (SSSR count). The fraction of sp³-hybridized carbons (Fsp3) is 0.182. The maximum absolute atomic E-state index is 13.1. The van der Waals surface area contributed by atoms with E-state index in [1.807, 2.05) is 56.5 Å². The van der Waals surface area contributed by atoms with Crippen LogP contribution in [0.15, 0.2) is 59.8 Å². The van der Waals surface area contributed by atoms with Gasteiger partial charge < -0.3 is 4.90 Å². The Hall–Kier alpha value is -3.94. The number of imidazole rings is 1. The summed E-state index contributed by atoms with van der Waals surface area (Å²) < 4.78 is 5.01. The summed E-state index contributed by atoms with van der Waals surface area (Å²) in [5.74, 6) is 1.61. The number of rotatable bonds is 3. The first kappa shape index (κ1) is 18.1. The van der Waals surface area contributed by atoms with Crippen LogP contribution in [0.2, 0.25) is 0 Å². The molecule has 0 atom stereocenters. The van der Waals surface area contributed by atoms with Gasteiger partial charge in [-0.2, -0.15) is 5.10 Å². The number of aryl methyl sites for hydroxylation is 2. The summed E-state index contributed by atoms with van der Waals surface area (Å²) in [6, 6.07) is 12.0. The molecule has 1 aromatic carbocycles. The van der Waals surface area contributed by atoms with Crippen molar-refractivity contribution in [1.82, 2.24) is 28.9 Å². The van der Waals surface area contributed by atoms with Crippen LogP contribution in [0.3, 0.4) is 0 Å². The van der Waals surface area contributed by atoms with Crippen LogP contribution in [0.25, 0.3) is 38.9 Å². The van der Waals surface area contributed by atoms with E-state index in [4.69, 9.17) is 0 Å². The van der Waals surface area contributed by atoms with Gasteiger partial charge in [0.15, 0.2) is 0 Å². The van der Waals surface area contributed by atoms with Crippen molar-refractivity contribution in [3.8, 4) is 16.9 Å². The third-order valence-electron chi connectivity index (χ3n) is 5.45. The molecule has 0 unspecified atom stereocenters. The van der Waals surface area contributed by atoms with Gasteiger partial charge >= 0.3 is 5.69 Å². The molecule has 150 valence electrons. The van der Waals surface area contributed by atoms with Crippen molar-refractivity contribution < 1.29 is 0 Å². The fourth-order valence-electron chi connectivity index (χ4n) is 3.80. The summed E-state index contributed by atoms with van der Waals surface area (Å²) in [5.41, 5.74) is 4.30. The van der Waals surface area contributed by atoms with Gasteiger partial charge in [0, 0.05) is 51.4 Å². The predicted octanol–water partition coefficient (Wildman–Crippen LogP) is 2.74. The minimum absolute atomic E-state index is 0.134. The second kappa shape index (κ2) is 6.55. The monoisotopic (exact) mass is 399 g/mol. The number of fused-ring (bicyclic) bond motifs is 3. The van der Waals surface area contributed by atoms with Gasteiger partial charge in [0.05, 0.1) is 28.9 Å². The highest BCUT2D eigenvalue weighted by molar-refractivity contribution is 6.04. The summed E-state index contributed by atoms with van der Waals surface area (Å²) in [7, 11) is 7.52. The quantitative estimate of drug-likeness (QED) is 0.466. The number of hydrogen-bond donors (Lipinski definition) is 0. The molecule has 4 heterocycles. The Morgan fingerprint density at radius 3 is 2.40 bits per heavy atom. The molecule has 0 radical (unpaired) electrons. The third-order valence-corrected chi connectivity index (χ3v) is 5.45. The Kier molecular flexibility index (Phi) is 3.95. The molecule has 0 spiro atoms. The van der Waals surface area contributed by atoms with E-state index in [0.717, 1.165) is 38.9 Å². The minimum Gasteiger partial charge on any atom is -0.363 e. The van der Waals surface area contributed by atoms with Crippen LogP contribution in [-0.2, 0) is 14.1 Å². The van der Waals surface area contributed by atoms with E-state index < -0.39 is 0 Å². The van der Waals surface area contributed by atoms with Gasteiger partial charge in [-0.3, -0.25) is 14.2 Å². The lowest BCUT2D eigenvalue weighted by Gasteiger charge is -2.12. The maximum atomic E-state index is 13.1. The smallest absolute Gasteiger partial charge is 0.334 e. The van der Waals surface area contributed by atoms with Crippen molar-refractivity contribution in [3.05, 3.63) is 65.5 Å². The molecule has 0 fully saturated rings. The first-order valence-corrected chi connectivity index (χ1v) is 9.58. The number of aromatic nitrogens is 6. The van der Waals surface area contributed by atoms with Gasteiger partial charge in [-0.25, -0.2) is 14.3 Å². The molecule has 0 N–H and O–H groups in total. The largest absolute Gasteiger partial charge is 0.363 e. The SMILES string of the molecule is CN(C)c1ccc(-c2ccc3ncc4c(c3c2)n(-c2ccnn2C)c(=O)n4C)cn1. The highest BCUT2D eigenvalue weighted by Gasteiger charge is 2.18. The molecule has 8 heteroatoms. The molecule has 0 aliphatic carbocycles. The van der Waals surface area contributed by atoms with Crippen LogP contribution in [0.5, 0.6) is 0 Å². The number of nitrogens with zero attached hydrogens (tertiary/aromatic N) is 7. The third kappa shape index (κ3) is 2.61. The average molecular weight is 399 g/mol. The maximum Gasteiger partial charge on any atom is 0.334 e. The van der Waals surface area contributed by atoms with E-state index >= 15 is 0 Å². The number of benzene rings is 1. The summed E-state index contributed by atoms with van der Waals surface area (Å²) in [6.45, 7) is 0. The van der Waals surface area contributed by atoms with Crippen molar-refractivity contribution in [2.75, 3.05) is 19.0 Å². The van der Waals surface area contributed by atoms with Crippen molar-refractivity contribution >= 4 is 27.8 Å². The van der Waals surface area contributed by atoms with Gasteiger partial charge in [0.1, 0.15) is 11.6 Å². The number of hydrogen-bond acceptors (Lipinski definition) is 5. The minimum atomic E-state index is -0.134. The molecule has 0 saturated heterocycles. The highest BCUT2D eigenvalue weighted by Crippen LogP contribution is 2.29. The van der Waals surface area contributed by atoms with Crippen LogP contribution in [0.1, 0.15) is 0 Å². The molecular formula is C22H21N7O. The van der Waals surface area contributed by atoms with Crippen LogP contribution in [-0.4, -0.2) is 43.0 Å². The second-order valence-electron chi connectivity index (χ2n) is 7.51. The van der Waals surface area contributed by atoms with Crippen LogP contribution >= 0.6 is 0 Å². The normalized spacial score (nSPS) is 11.5. The molecule has 0 aliphatic rings. The lowest BCUT2D eigenvalue weighted by molar-refractivity contribution is 0.717. The topological polar surface area (TPSA) is 73.8 Å². The zero-order valence-corrected chi connectivity index (χ0v) is 17.2. The molecular weight excluding hydrogens is 378 g/mol. The van der Waals surface area contributed by atoms with E-state index in [-0.39, 0.29) is 5.69 Å². The molecule has 0 aliphatic heterocycles. The standard InChI is InChI=1S/C22H21N7O/c1-26(2)19-8-6-15(12-24-19)14-5-7-17-16(11-14)21-18(13-23-17)27(3)22(30)29(21)20-9-10-25-28(20)4/h5-13H,1-4H3. The number of anilines is 1. The average Bonchev–Trinajstić information content (AvgIpc) is 3.28. The molecule has 0 saturated carbocycles. The Morgan fingerprint density at radius 1 is 0.933 bits per heavy atom. The first-order chi connectivity index (χ1) is 14.5. The van der Waals surface area contributed by atoms with Crippen molar-refractivity contribution in [3.63, 3.8) is 0 Å². The Labute approximate surface area is 172 Å². The van der Waals surface area contributed by atoms with Crippen LogP contribution in [0, 0.1) is 0 Å². The molecule has 0 bridgehead atoms. The van der Waals surface area contributed by atoms with Crippen LogP contribution in [0.4, 0.5) is 5.82 Å². The molecule has 5 aromatic rings. The van der Waals surface area contributed by atoms with E-state index in [1.165, 1.54) is 0 Å². The summed E-state index contributed by atoms with van der Waals surface area (Å²) >= 11 is 0. The molecule has 4 aromatic heterocycles. The van der Waals surface area contributed by atoms with Crippen molar-refractivity contribution in [2.24, 2.45) is 14.1 Å². The first-order valence-electron chi connectivity index (χ1n) is 9.58.